The van der Waals surface area contributed by atoms with Gasteiger partial charge >= 0.3 is 5.69 Å². The van der Waals surface area contributed by atoms with Gasteiger partial charge in [0.05, 0.1) is 17.1 Å². The molecule has 0 aliphatic carbocycles. The number of hydrogen-bond acceptors (Lipinski definition) is 5. The summed E-state index contributed by atoms with van der Waals surface area (Å²) in [6.45, 7) is 5.38. The Bertz CT molecular complexity index is 453. The van der Waals surface area contributed by atoms with Crippen LogP contribution < -0.4 is 4.90 Å². The van der Waals surface area contributed by atoms with Gasteiger partial charge in [0.1, 0.15) is 0 Å². The highest BCUT2D eigenvalue weighted by molar-refractivity contribution is 5.58. The number of aromatic hydroxyl groups is 1. The van der Waals surface area contributed by atoms with Crippen LogP contribution in [0.15, 0.2) is 18.2 Å². The van der Waals surface area contributed by atoms with Gasteiger partial charge in [-0.15, -0.1) is 0 Å². The van der Waals surface area contributed by atoms with Gasteiger partial charge < -0.3 is 14.7 Å². The number of benzene rings is 1. The molecule has 6 heteroatoms. The number of nitro benzene ring substituents is 1. The van der Waals surface area contributed by atoms with Crippen LogP contribution in [0.25, 0.3) is 0 Å². The van der Waals surface area contributed by atoms with Crippen LogP contribution in [-0.4, -0.2) is 35.3 Å². The lowest BCUT2D eigenvalue weighted by Crippen LogP contribution is -2.45. The van der Waals surface area contributed by atoms with Crippen LogP contribution >= 0.6 is 0 Å². The van der Waals surface area contributed by atoms with Crippen molar-refractivity contribution in [2.24, 2.45) is 0 Å². The standard InChI is InChI=1S/C12H16N2O4/c1-8-6-13(7-9(2)18-8)10-3-4-11(14(16)17)12(15)5-10/h3-5,8-9,15H,6-7H2,1-2H3/t8-,9-/m0/s1. The molecule has 98 valence electrons. The minimum Gasteiger partial charge on any atom is -0.502 e. The van der Waals surface area contributed by atoms with Crippen molar-refractivity contribution < 1.29 is 14.8 Å². The van der Waals surface area contributed by atoms with E-state index < -0.39 is 4.92 Å². The molecule has 0 spiro atoms. The summed E-state index contributed by atoms with van der Waals surface area (Å²) in [6.07, 6.45) is 0.206. The molecule has 1 aliphatic heterocycles. The lowest BCUT2D eigenvalue weighted by Gasteiger charge is -2.36. The van der Waals surface area contributed by atoms with Crippen LogP contribution in [0.1, 0.15) is 13.8 Å². The first kappa shape index (κ1) is 12.6. The van der Waals surface area contributed by atoms with Crippen molar-refractivity contribution in [3.05, 3.63) is 28.3 Å². The molecular weight excluding hydrogens is 236 g/mol. The number of rotatable bonds is 2. The minimum absolute atomic E-state index is 0.103. The molecule has 0 saturated carbocycles. The molecule has 2 rings (SSSR count). The largest absolute Gasteiger partial charge is 0.502 e. The van der Waals surface area contributed by atoms with E-state index in [0.717, 1.165) is 5.69 Å². The molecule has 18 heavy (non-hydrogen) atoms. The van der Waals surface area contributed by atoms with E-state index in [2.05, 4.69) is 4.90 Å². The molecular formula is C12H16N2O4. The lowest BCUT2D eigenvalue weighted by atomic mass is 10.2. The summed E-state index contributed by atoms with van der Waals surface area (Å²) in [5, 5.41) is 20.3. The van der Waals surface area contributed by atoms with Crippen LogP contribution in [-0.2, 0) is 4.74 Å². The van der Waals surface area contributed by atoms with Gasteiger partial charge in [-0.2, -0.15) is 0 Å². The quantitative estimate of drug-likeness (QED) is 0.642. The van der Waals surface area contributed by atoms with Crippen molar-refractivity contribution in [1.82, 2.24) is 0 Å². The van der Waals surface area contributed by atoms with Gasteiger partial charge in [-0.25, -0.2) is 0 Å². The van der Waals surface area contributed by atoms with Crippen LogP contribution in [0.2, 0.25) is 0 Å². The highest BCUT2D eigenvalue weighted by Gasteiger charge is 2.24. The van der Waals surface area contributed by atoms with E-state index in [1.165, 1.54) is 12.1 Å². The molecule has 0 aromatic heterocycles. The Labute approximate surface area is 105 Å². The van der Waals surface area contributed by atoms with Crippen molar-refractivity contribution in [3.8, 4) is 5.75 Å². The van der Waals surface area contributed by atoms with E-state index in [-0.39, 0.29) is 23.6 Å². The monoisotopic (exact) mass is 252 g/mol. The van der Waals surface area contributed by atoms with Crippen LogP contribution in [0.5, 0.6) is 5.75 Å². The second-order valence-corrected chi connectivity index (χ2v) is 4.59. The molecule has 1 N–H and O–H groups in total. The van der Waals surface area contributed by atoms with Crippen molar-refractivity contribution >= 4 is 11.4 Å². The smallest absolute Gasteiger partial charge is 0.310 e. The van der Waals surface area contributed by atoms with E-state index >= 15 is 0 Å². The zero-order valence-corrected chi connectivity index (χ0v) is 10.4. The van der Waals surface area contributed by atoms with E-state index in [9.17, 15) is 15.2 Å². The predicted molar refractivity (Wildman–Crippen MR) is 67.0 cm³/mol. The minimum atomic E-state index is -0.594. The third-order valence-corrected chi connectivity index (χ3v) is 2.94. The fourth-order valence-corrected chi connectivity index (χ4v) is 2.25. The fraction of sp³-hybridized carbons (Fsp3) is 0.500. The number of phenolic OH excluding ortho intramolecular Hbond substituents is 1. The Morgan fingerprint density at radius 2 is 2.00 bits per heavy atom. The van der Waals surface area contributed by atoms with E-state index in [4.69, 9.17) is 4.74 Å². The first-order chi connectivity index (χ1) is 8.47. The van der Waals surface area contributed by atoms with E-state index in [1.54, 1.807) is 6.07 Å². The van der Waals surface area contributed by atoms with Crippen LogP contribution in [0.3, 0.4) is 0 Å². The average molecular weight is 252 g/mol. The molecule has 1 aromatic carbocycles. The Morgan fingerprint density at radius 3 is 2.50 bits per heavy atom. The maximum absolute atomic E-state index is 10.6. The number of morpholine rings is 1. The maximum atomic E-state index is 10.6. The van der Waals surface area contributed by atoms with Crippen molar-refractivity contribution in [3.63, 3.8) is 0 Å². The molecule has 0 unspecified atom stereocenters. The summed E-state index contributed by atoms with van der Waals surface area (Å²) in [7, 11) is 0. The molecule has 0 amide bonds. The van der Waals surface area contributed by atoms with Crippen molar-refractivity contribution in [2.45, 2.75) is 26.1 Å². The number of anilines is 1. The van der Waals surface area contributed by atoms with Gasteiger partial charge in [0, 0.05) is 30.9 Å². The van der Waals surface area contributed by atoms with Gasteiger partial charge in [-0.3, -0.25) is 10.1 Å². The Hall–Kier alpha value is -1.82. The number of nitrogens with zero attached hydrogens (tertiary/aromatic N) is 2. The maximum Gasteiger partial charge on any atom is 0.310 e. The average Bonchev–Trinajstić information content (AvgIpc) is 2.26. The van der Waals surface area contributed by atoms with Gasteiger partial charge in [0.25, 0.3) is 0 Å². The number of nitro groups is 1. The second-order valence-electron chi connectivity index (χ2n) is 4.59. The molecule has 1 aromatic rings. The first-order valence-electron chi connectivity index (χ1n) is 5.85. The molecule has 1 heterocycles. The van der Waals surface area contributed by atoms with Gasteiger partial charge in [-0.05, 0) is 19.9 Å². The summed E-state index contributed by atoms with van der Waals surface area (Å²) in [4.78, 5) is 12.1. The molecule has 1 fully saturated rings. The molecule has 1 saturated heterocycles. The summed E-state index contributed by atoms with van der Waals surface area (Å²) in [6, 6.07) is 4.42. The zero-order chi connectivity index (χ0) is 13.3. The first-order valence-corrected chi connectivity index (χ1v) is 5.85. The third-order valence-electron chi connectivity index (χ3n) is 2.94. The summed E-state index contributed by atoms with van der Waals surface area (Å²) < 4.78 is 5.62. The molecule has 6 nitrogen and oxygen atoms in total. The van der Waals surface area contributed by atoms with Crippen LogP contribution in [0.4, 0.5) is 11.4 Å². The summed E-state index contributed by atoms with van der Waals surface area (Å²) in [5.41, 5.74) is 0.508. The Balaban J connectivity index is 2.23. The fourth-order valence-electron chi connectivity index (χ4n) is 2.25. The normalized spacial score (nSPS) is 24.0. The second kappa shape index (κ2) is 4.81. The Kier molecular flexibility index (Phi) is 3.38. The summed E-state index contributed by atoms with van der Waals surface area (Å²) >= 11 is 0. The highest BCUT2D eigenvalue weighted by atomic mass is 16.6. The summed E-state index contributed by atoms with van der Waals surface area (Å²) in [5.74, 6) is -0.302. The SMILES string of the molecule is C[C@H]1CN(c2ccc([N+](=O)[O-])c(O)c2)C[C@H](C)O1. The third kappa shape index (κ3) is 2.53. The number of ether oxygens (including phenoxy) is 1. The van der Waals surface area contributed by atoms with Crippen molar-refractivity contribution in [1.29, 1.82) is 0 Å². The zero-order valence-electron chi connectivity index (χ0n) is 10.4. The molecule has 0 bridgehead atoms. The molecule has 0 radical (unpaired) electrons. The van der Waals surface area contributed by atoms with Gasteiger partial charge in [0.2, 0.25) is 0 Å². The van der Waals surface area contributed by atoms with Gasteiger partial charge in [0.15, 0.2) is 5.75 Å². The molecule has 2 atom stereocenters. The van der Waals surface area contributed by atoms with Crippen molar-refractivity contribution in [2.75, 3.05) is 18.0 Å². The Morgan fingerprint density at radius 1 is 1.39 bits per heavy atom. The molecule has 1 aliphatic rings. The topological polar surface area (TPSA) is 75.8 Å². The van der Waals surface area contributed by atoms with E-state index in [0.29, 0.717) is 13.1 Å². The van der Waals surface area contributed by atoms with E-state index in [1.807, 2.05) is 13.8 Å². The number of phenols is 1. The predicted octanol–water partition coefficient (Wildman–Crippen LogP) is 1.91. The number of hydrogen-bond donors (Lipinski definition) is 1. The highest BCUT2D eigenvalue weighted by Crippen LogP contribution is 2.31. The van der Waals surface area contributed by atoms with Gasteiger partial charge in [-0.1, -0.05) is 0 Å². The van der Waals surface area contributed by atoms with Crippen LogP contribution in [0, 0.1) is 10.1 Å². The lowest BCUT2D eigenvalue weighted by molar-refractivity contribution is -0.385.